The van der Waals surface area contributed by atoms with E-state index in [-0.39, 0.29) is 11.1 Å². The number of hydrogen-bond acceptors (Lipinski definition) is 4. The van der Waals surface area contributed by atoms with Gasteiger partial charge in [0.05, 0.1) is 29.7 Å². The monoisotopic (exact) mass is 408 g/mol. The molecule has 0 saturated carbocycles. The van der Waals surface area contributed by atoms with Crippen LogP contribution in [0.15, 0.2) is 41.2 Å². The lowest BCUT2D eigenvalue weighted by molar-refractivity contribution is -0.165. The third-order valence-electron chi connectivity index (χ3n) is 5.57. The van der Waals surface area contributed by atoms with Gasteiger partial charge in [-0.1, -0.05) is 11.8 Å². The Morgan fingerprint density at radius 2 is 1.87 bits per heavy atom. The Hall–Kier alpha value is -3.08. The summed E-state index contributed by atoms with van der Waals surface area (Å²) in [6, 6.07) is 8.37. The van der Waals surface area contributed by atoms with E-state index in [0.717, 1.165) is 12.1 Å². The molecule has 0 bridgehead atoms. The summed E-state index contributed by atoms with van der Waals surface area (Å²) in [6.07, 6.45) is 1.83. The van der Waals surface area contributed by atoms with Crippen molar-refractivity contribution in [2.24, 2.45) is 0 Å². The zero-order chi connectivity index (χ0) is 20.7. The molecule has 2 aliphatic rings. The fraction of sp³-hybridized carbons (Fsp3) is 0.304. The van der Waals surface area contributed by atoms with Crippen LogP contribution in [0.5, 0.6) is 0 Å². The Labute approximate surface area is 171 Å². The van der Waals surface area contributed by atoms with Crippen LogP contribution in [0, 0.1) is 23.5 Å². The minimum absolute atomic E-state index is 0.103. The van der Waals surface area contributed by atoms with Gasteiger partial charge in [-0.05, 0) is 30.3 Å². The molecule has 2 aliphatic heterocycles. The third kappa shape index (κ3) is 3.38. The number of nitrogens with zero attached hydrogens (tertiary/aromatic N) is 2. The first-order valence-electron chi connectivity index (χ1n) is 9.82. The van der Waals surface area contributed by atoms with Gasteiger partial charge >= 0.3 is 0 Å². The molecule has 3 heterocycles. The molecule has 2 aromatic carbocycles. The van der Waals surface area contributed by atoms with Crippen LogP contribution in [0.4, 0.5) is 8.78 Å². The van der Waals surface area contributed by atoms with Crippen molar-refractivity contribution in [2.45, 2.75) is 31.6 Å². The van der Waals surface area contributed by atoms with Crippen LogP contribution in [-0.4, -0.2) is 28.6 Å². The SMILES string of the molecule is O=c1c2ccc(C#Cc3ccc(F)cc3F)cc2nc2n1CCC1(CC2)OCCO1. The van der Waals surface area contributed by atoms with Gasteiger partial charge < -0.3 is 9.47 Å². The van der Waals surface area contributed by atoms with Crippen molar-refractivity contribution in [1.29, 1.82) is 0 Å². The van der Waals surface area contributed by atoms with E-state index < -0.39 is 17.4 Å². The van der Waals surface area contributed by atoms with Crippen molar-refractivity contribution in [3.63, 3.8) is 0 Å². The van der Waals surface area contributed by atoms with Crippen molar-refractivity contribution in [2.75, 3.05) is 13.2 Å². The van der Waals surface area contributed by atoms with E-state index in [4.69, 9.17) is 14.5 Å². The molecule has 5 rings (SSSR count). The summed E-state index contributed by atoms with van der Waals surface area (Å²) in [5, 5.41) is 0.501. The third-order valence-corrected chi connectivity index (χ3v) is 5.57. The predicted molar refractivity (Wildman–Crippen MR) is 106 cm³/mol. The van der Waals surface area contributed by atoms with E-state index in [1.165, 1.54) is 6.07 Å². The Balaban J connectivity index is 1.51. The van der Waals surface area contributed by atoms with Crippen LogP contribution < -0.4 is 5.56 Å². The summed E-state index contributed by atoms with van der Waals surface area (Å²) in [4.78, 5) is 17.7. The maximum Gasteiger partial charge on any atom is 0.261 e. The lowest BCUT2D eigenvalue weighted by atomic mass is 10.1. The number of ether oxygens (including phenoxy) is 2. The second-order valence-corrected chi connectivity index (χ2v) is 7.45. The van der Waals surface area contributed by atoms with Gasteiger partial charge in [-0.3, -0.25) is 9.36 Å². The molecule has 30 heavy (non-hydrogen) atoms. The second-order valence-electron chi connectivity index (χ2n) is 7.45. The van der Waals surface area contributed by atoms with Crippen molar-refractivity contribution < 1.29 is 18.3 Å². The highest BCUT2D eigenvalue weighted by molar-refractivity contribution is 5.79. The van der Waals surface area contributed by atoms with Crippen LogP contribution in [0.3, 0.4) is 0 Å². The smallest absolute Gasteiger partial charge is 0.261 e. The fourth-order valence-electron chi connectivity index (χ4n) is 3.99. The molecule has 1 saturated heterocycles. The number of fused-ring (bicyclic) bond motifs is 2. The molecule has 1 fully saturated rings. The summed E-state index contributed by atoms with van der Waals surface area (Å²) >= 11 is 0. The Morgan fingerprint density at radius 3 is 2.67 bits per heavy atom. The molecule has 0 N–H and O–H groups in total. The van der Waals surface area contributed by atoms with Crippen molar-refractivity contribution in [3.05, 3.63) is 75.3 Å². The molecule has 1 aromatic heterocycles. The number of hydrogen-bond donors (Lipinski definition) is 0. The molecular formula is C23H18F2N2O3. The normalized spacial score (nSPS) is 17.4. The zero-order valence-corrected chi connectivity index (χ0v) is 16.1. The fourth-order valence-corrected chi connectivity index (χ4v) is 3.99. The zero-order valence-electron chi connectivity index (χ0n) is 16.1. The van der Waals surface area contributed by atoms with E-state index in [0.29, 0.717) is 61.3 Å². The van der Waals surface area contributed by atoms with Gasteiger partial charge in [0.25, 0.3) is 5.56 Å². The maximum absolute atomic E-state index is 13.8. The largest absolute Gasteiger partial charge is 0.347 e. The van der Waals surface area contributed by atoms with Crippen LogP contribution in [0.25, 0.3) is 10.9 Å². The Bertz CT molecular complexity index is 1270. The molecule has 0 unspecified atom stereocenters. The molecule has 0 amide bonds. The highest BCUT2D eigenvalue weighted by Gasteiger charge is 2.38. The molecule has 1 spiro atoms. The maximum atomic E-state index is 13.8. The van der Waals surface area contributed by atoms with Gasteiger partial charge in [0.2, 0.25) is 0 Å². The standard InChI is InChI=1S/C23H18F2N2O3/c24-17-5-4-16(19(25)14-17)3-1-15-2-6-18-20(13-15)26-21-7-8-23(29-11-12-30-23)9-10-27(21)22(18)28/h2,4-6,13-14H,7-12H2. The van der Waals surface area contributed by atoms with Crippen LogP contribution >= 0.6 is 0 Å². The van der Waals surface area contributed by atoms with E-state index in [2.05, 4.69) is 11.8 Å². The molecule has 0 aliphatic carbocycles. The first-order valence-corrected chi connectivity index (χ1v) is 9.82. The molecule has 0 radical (unpaired) electrons. The minimum Gasteiger partial charge on any atom is -0.347 e. The number of rotatable bonds is 0. The van der Waals surface area contributed by atoms with Gasteiger partial charge in [0, 0.05) is 37.4 Å². The van der Waals surface area contributed by atoms with Gasteiger partial charge in [0.15, 0.2) is 5.79 Å². The molecule has 7 heteroatoms. The number of aromatic nitrogens is 2. The lowest BCUT2D eigenvalue weighted by Gasteiger charge is -2.24. The predicted octanol–water partition coefficient (Wildman–Crippen LogP) is 3.15. The lowest BCUT2D eigenvalue weighted by Crippen LogP contribution is -2.31. The molecule has 5 nitrogen and oxygen atoms in total. The molecule has 0 atom stereocenters. The first kappa shape index (κ1) is 18.9. The van der Waals surface area contributed by atoms with E-state index in [1.54, 1.807) is 22.8 Å². The van der Waals surface area contributed by atoms with E-state index in [1.807, 2.05) is 0 Å². The summed E-state index contributed by atoms with van der Waals surface area (Å²) in [7, 11) is 0. The molecular weight excluding hydrogens is 390 g/mol. The average molecular weight is 408 g/mol. The van der Waals surface area contributed by atoms with Crippen molar-refractivity contribution in [1.82, 2.24) is 9.55 Å². The average Bonchev–Trinajstić information content (AvgIpc) is 3.12. The highest BCUT2D eigenvalue weighted by atomic mass is 19.1. The van der Waals surface area contributed by atoms with Crippen molar-refractivity contribution in [3.8, 4) is 11.8 Å². The van der Waals surface area contributed by atoms with Crippen LogP contribution in [-0.2, 0) is 22.4 Å². The summed E-state index contributed by atoms with van der Waals surface area (Å²) in [6.45, 7) is 1.62. The van der Waals surface area contributed by atoms with Gasteiger partial charge in [-0.2, -0.15) is 0 Å². The number of aryl methyl sites for hydroxylation is 1. The van der Waals surface area contributed by atoms with E-state index >= 15 is 0 Å². The highest BCUT2D eigenvalue weighted by Crippen LogP contribution is 2.31. The second kappa shape index (κ2) is 7.31. The minimum atomic E-state index is -0.713. The van der Waals surface area contributed by atoms with Crippen LogP contribution in [0.1, 0.15) is 29.8 Å². The Kier molecular flexibility index (Phi) is 4.61. The number of halogens is 2. The first-order chi connectivity index (χ1) is 14.5. The topological polar surface area (TPSA) is 53.4 Å². The van der Waals surface area contributed by atoms with Gasteiger partial charge in [-0.25, -0.2) is 13.8 Å². The van der Waals surface area contributed by atoms with Gasteiger partial charge in [-0.15, -0.1) is 0 Å². The summed E-state index contributed by atoms with van der Waals surface area (Å²) < 4.78 is 40.1. The summed E-state index contributed by atoms with van der Waals surface area (Å²) in [5.74, 6) is 4.28. The molecule has 152 valence electrons. The Morgan fingerprint density at radius 1 is 1.03 bits per heavy atom. The number of benzene rings is 2. The van der Waals surface area contributed by atoms with E-state index in [9.17, 15) is 13.6 Å². The van der Waals surface area contributed by atoms with Crippen molar-refractivity contribution >= 4 is 10.9 Å². The quantitative estimate of drug-likeness (QED) is 0.537. The van der Waals surface area contributed by atoms with Crippen LogP contribution in [0.2, 0.25) is 0 Å². The summed E-state index contributed by atoms with van der Waals surface area (Å²) in [5.41, 5.74) is 1.14. The molecule has 3 aromatic rings. The van der Waals surface area contributed by atoms with Gasteiger partial charge in [0.1, 0.15) is 17.5 Å².